The summed E-state index contributed by atoms with van der Waals surface area (Å²) in [5, 5.41) is 6.18. The van der Waals surface area contributed by atoms with Crippen molar-refractivity contribution in [3.8, 4) is 0 Å². The smallest absolute Gasteiger partial charge is 0.0723 e. The number of nitrogens with one attached hydrogen (secondary N) is 1. The second kappa shape index (κ2) is 3.83. The molecule has 0 atom stereocenters. The Bertz CT molecular complexity index is 1140. The van der Waals surface area contributed by atoms with Gasteiger partial charge in [0.05, 0.1) is 11.0 Å². The highest BCUT2D eigenvalue weighted by atomic mass is 14.7. The van der Waals surface area contributed by atoms with Gasteiger partial charge in [-0.15, -0.1) is 0 Å². The van der Waals surface area contributed by atoms with Crippen LogP contribution in [-0.4, -0.2) is 9.97 Å². The van der Waals surface area contributed by atoms with Crippen molar-refractivity contribution >= 4 is 43.5 Å². The Hall–Kier alpha value is -2.87. The van der Waals surface area contributed by atoms with Crippen molar-refractivity contribution in [3.63, 3.8) is 0 Å². The third-order valence-corrected chi connectivity index (χ3v) is 4.23. The zero-order chi connectivity index (χ0) is 13.8. The number of benzene rings is 3. The second-order valence-corrected chi connectivity index (χ2v) is 5.40. The number of hydrogen-bond acceptors (Lipinski definition) is 1. The fourth-order valence-electron chi connectivity index (χ4n) is 3.27. The van der Waals surface area contributed by atoms with Gasteiger partial charge in [-0.2, -0.15) is 0 Å². The van der Waals surface area contributed by atoms with E-state index in [9.17, 15) is 0 Å². The molecule has 5 rings (SSSR count). The summed E-state index contributed by atoms with van der Waals surface area (Å²) >= 11 is 0. The van der Waals surface area contributed by atoms with E-state index in [2.05, 4.69) is 64.6 Å². The van der Waals surface area contributed by atoms with Crippen LogP contribution < -0.4 is 0 Å². The lowest BCUT2D eigenvalue weighted by atomic mass is 10.0. The van der Waals surface area contributed by atoms with E-state index in [1.165, 1.54) is 38.0 Å². The number of para-hydroxylation sites is 1. The first-order chi connectivity index (χ1) is 10.4. The van der Waals surface area contributed by atoms with Gasteiger partial charge in [0.1, 0.15) is 0 Å². The van der Waals surface area contributed by atoms with Gasteiger partial charge in [0, 0.05) is 27.9 Å². The summed E-state index contributed by atoms with van der Waals surface area (Å²) in [6, 6.07) is 21.1. The maximum atomic E-state index is 4.62. The molecule has 0 saturated carbocycles. The summed E-state index contributed by atoms with van der Waals surface area (Å²) in [7, 11) is 0. The number of fused-ring (bicyclic) bond motifs is 7. The Balaban J connectivity index is 2.11. The highest BCUT2D eigenvalue weighted by Crippen LogP contribution is 2.34. The molecule has 0 aliphatic carbocycles. The molecular formula is C19H12N2. The summed E-state index contributed by atoms with van der Waals surface area (Å²) in [5.41, 5.74) is 3.37. The lowest BCUT2D eigenvalue weighted by molar-refractivity contribution is 1.44. The molecule has 0 spiro atoms. The van der Waals surface area contributed by atoms with Crippen LogP contribution in [0.15, 0.2) is 66.9 Å². The van der Waals surface area contributed by atoms with Crippen molar-refractivity contribution in [2.24, 2.45) is 0 Å². The standard InChI is InChI=1S/C19H12N2/c1-2-6-13-12(5-1)9-10-17-18(13)15-11-20-16-8-4-3-7-14(16)19(15)21-17/h1-11,21H. The zero-order valence-corrected chi connectivity index (χ0v) is 11.3. The lowest BCUT2D eigenvalue weighted by Gasteiger charge is -2.00. The second-order valence-electron chi connectivity index (χ2n) is 5.40. The fourth-order valence-corrected chi connectivity index (χ4v) is 3.27. The van der Waals surface area contributed by atoms with E-state index in [4.69, 9.17) is 0 Å². The molecule has 0 aliphatic heterocycles. The topological polar surface area (TPSA) is 28.7 Å². The largest absolute Gasteiger partial charge is 0.354 e. The van der Waals surface area contributed by atoms with Crippen molar-refractivity contribution in [1.29, 1.82) is 0 Å². The molecule has 2 heterocycles. The van der Waals surface area contributed by atoms with E-state index in [0.717, 1.165) is 5.52 Å². The number of aromatic nitrogens is 2. The summed E-state index contributed by atoms with van der Waals surface area (Å²) in [6.07, 6.45) is 1.99. The first-order valence-corrected chi connectivity index (χ1v) is 7.09. The van der Waals surface area contributed by atoms with Crippen molar-refractivity contribution in [3.05, 3.63) is 66.9 Å². The van der Waals surface area contributed by atoms with Crippen LogP contribution in [0, 0.1) is 0 Å². The van der Waals surface area contributed by atoms with Crippen molar-refractivity contribution in [2.45, 2.75) is 0 Å². The Morgan fingerprint density at radius 1 is 0.714 bits per heavy atom. The molecule has 3 aromatic carbocycles. The number of hydrogen-bond donors (Lipinski definition) is 1. The van der Waals surface area contributed by atoms with Crippen molar-refractivity contribution in [2.75, 3.05) is 0 Å². The zero-order valence-electron chi connectivity index (χ0n) is 11.3. The third-order valence-electron chi connectivity index (χ3n) is 4.23. The van der Waals surface area contributed by atoms with E-state index < -0.39 is 0 Å². The van der Waals surface area contributed by atoms with Crippen LogP contribution in [0.1, 0.15) is 0 Å². The normalized spacial score (nSPS) is 11.8. The van der Waals surface area contributed by atoms with Gasteiger partial charge in [-0.05, 0) is 22.9 Å². The quantitative estimate of drug-likeness (QED) is 0.419. The molecular weight excluding hydrogens is 256 g/mol. The lowest BCUT2D eigenvalue weighted by Crippen LogP contribution is -1.79. The molecule has 0 radical (unpaired) electrons. The van der Waals surface area contributed by atoms with Gasteiger partial charge in [0.15, 0.2) is 0 Å². The minimum atomic E-state index is 1.03. The summed E-state index contributed by atoms with van der Waals surface area (Å²) in [6.45, 7) is 0. The van der Waals surface area contributed by atoms with E-state index in [1.807, 2.05) is 12.3 Å². The summed E-state index contributed by atoms with van der Waals surface area (Å²) in [4.78, 5) is 8.19. The van der Waals surface area contributed by atoms with Crippen LogP contribution >= 0.6 is 0 Å². The maximum Gasteiger partial charge on any atom is 0.0723 e. The molecule has 0 saturated heterocycles. The maximum absolute atomic E-state index is 4.62. The molecule has 0 unspecified atom stereocenters. The average Bonchev–Trinajstić information content (AvgIpc) is 2.94. The molecule has 5 aromatic rings. The first-order valence-electron chi connectivity index (χ1n) is 7.09. The highest BCUT2D eigenvalue weighted by molar-refractivity contribution is 6.23. The van der Waals surface area contributed by atoms with Crippen LogP contribution in [0.4, 0.5) is 0 Å². The van der Waals surface area contributed by atoms with Crippen LogP contribution in [0.3, 0.4) is 0 Å². The highest BCUT2D eigenvalue weighted by Gasteiger charge is 2.10. The molecule has 98 valence electrons. The van der Waals surface area contributed by atoms with Crippen LogP contribution in [0.5, 0.6) is 0 Å². The van der Waals surface area contributed by atoms with Gasteiger partial charge < -0.3 is 4.98 Å². The number of pyridine rings is 1. The molecule has 0 amide bonds. The van der Waals surface area contributed by atoms with E-state index in [-0.39, 0.29) is 0 Å². The van der Waals surface area contributed by atoms with Gasteiger partial charge in [0.25, 0.3) is 0 Å². The average molecular weight is 268 g/mol. The van der Waals surface area contributed by atoms with Crippen LogP contribution in [0.2, 0.25) is 0 Å². The first kappa shape index (κ1) is 10.9. The van der Waals surface area contributed by atoms with Gasteiger partial charge in [0.2, 0.25) is 0 Å². The molecule has 2 aromatic heterocycles. The van der Waals surface area contributed by atoms with E-state index in [1.54, 1.807) is 0 Å². The van der Waals surface area contributed by atoms with Crippen molar-refractivity contribution in [1.82, 2.24) is 9.97 Å². The van der Waals surface area contributed by atoms with Gasteiger partial charge in [-0.3, -0.25) is 4.98 Å². The molecule has 1 N–H and O–H groups in total. The molecule has 2 heteroatoms. The van der Waals surface area contributed by atoms with Crippen molar-refractivity contribution < 1.29 is 0 Å². The van der Waals surface area contributed by atoms with E-state index in [0.29, 0.717) is 0 Å². The van der Waals surface area contributed by atoms with Crippen LogP contribution in [0.25, 0.3) is 43.5 Å². The Kier molecular flexibility index (Phi) is 1.98. The van der Waals surface area contributed by atoms with Gasteiger partial charge in [-0.1, -0.05) is 48.5 Å². The molecule has 2 nitrogen and oxygen atoms in total. The molecule has 0 fully saturated rings. The summed E-state index contributed by atoms with van der Waals surface area (Å²) < 4.78 is 0. The Morgan fingerprint density at radius 2 is 1.52 bits per heavy atom. The number of rotatable bonds is 0. The van der Waals surface area contributed by atoms with Gasteiger partial charge in [-0.25, -0.2) is 0 Å². The Morgan fingerprint density at radius 3 is 2.48 bits per heavy atom. The predicted octanol–water partition coefficient (Wildman–Crippen LogP) is 5.02. The summed E-state index contributed by atoms with van der Waals surface area (Å²) in [5.74, 6) is 0. The molecule has 0 aliphatic rings. The van der Waals surface area contributed by atoms with Crippen LogP contribution in [-0.2, 0) is 0 Å². The number of nitrogens with zero attached hydrogens (tertiary/aromatic N) is 1. The number of H-pyrrole nitrogens is 1. The third kappa shape index (κ3) is 1.39. The minimum Gasteiger partial charge on any atom is -0.354 e. The number of aromatic amines is 1. The monoisotopic (exact) mass is 268 g/mol. The SMILES string of the molecule is c1ccc2c(c1)ccc1[nH]c3c4ccccc4ncc3c12. The van der Waals surface area contributed by atoms with E-state index >= 15 is 0 Å². The molecule has 21 heavy (non-hydrogen) atoms. The molecule has 0 bridgehead atoms. The minimum absolute atomic E-state index is 1.03. The predicted molar refractivity (Wildman–Crippen MR) is 88.6 cm³/mol. The Labute approximate surface area is 121 Å². The fraction of sp³-hybridized carbons (Fsp3) is 0. The van der Waals surface area contributed by atoms with Gasteiger partial charge >= 0.3 is 0 Å².